The standard InChI is InChI=1S/C10H9IN4O/c11-7-3-1-2-4-8(7)13-10(16)14-9-5-6-12-15-9/h1-6H,(H3,12,13,14,15,16). The van der Waals surface area contributed by atoms with E-state index in [1.165, 1.54) is 0 Å². The molecule has 1 heterocycles. The fraction of sp³-hybridized carbons (Fsp3) is 0. The Morgan fingerprint density at radius 2 is 2.06 bits per heavy atom. The summed E-state index contributed by atoms with van der Waals surface area (Å²) in [5.74, 6) is 0.559. The number of halogens is 1. The molecule has 0 bridgehead atoms. The fourth-order valence-corrected chi connectivity index (χ4v) is 1.69. The Kier molecular flexibility index (Phi) is 3.40. The molecule has 2 rings (SSSR count). The molecule has 0 saturated heterocycles. The van der Waals surface area contributed by atoms with Gasteiger partial charge in [0.15, 0.2) is 0 Å². The molecule has 1 aromatic carbocycles. The minimum absolute atomic E-state index is 0.298. The Morgan fingerprint density at radius 1 is 1.25 bits per heavy atom. The van der Waals surface area contributed by atoms with Crippen LogP contribution >= 0.6 is 22.6 Å². The lowest BCUT2D eigenvalue weighted by molar-refractivity contribution is 0.262. The molecular formula is C10H9IN4O. The largest absolute Gasteiger partial charge is 0.324 e. The molecule has 6 heteroatoms. The summed E-state index contributed by atoms with van der Waals surface area (Å²) in [6.45, 7) is 0. The van der Waals surface area contributed by atoms with Gasteiger partial charge in [0.2, 0.25) is 0 Å². The summed E-state index contributed by atoms with van der Waals surface area (Å²) in [5.41, 5.74) is 0.778. The van der Waals surface area contributed by atoms with E-state index in [9.17, 15) is 4.79 Å². The molecule has 16 heavy (non-hydrogen) atoms. The van der Waals surface area contributed by atoms with Gasteiger partial charge in [-0.05, 0) is 34.7 Å². The third kappa shape index (κ3) is 2.72. The van der Waals surface area contributed by atoms with Gasteiger partial charge in [0.1, 0.15) is 5.82 Å². The minimum atomic E-state index is -0.298. The molecule has 0 aliphatic carbocycles. The van der Waals surface area contributed by atoms with Crippen LogP contribution in [0.25, 0.3) is 0 Å². The van der Waals surface area contributed by atoms with Crippen LogP contribution in [0.1, 0.15) is 0 Å². The Bertz CT molecular complexity index is 483. The molecule has 0 radical (unpaired) electrons. The number of aromatic amines is 1. The maximum Gasteiger partial charge on any atom is 0.324 e. The summed E-state index contributed by atoms with van der Waals surface area (Å²) in [5, 5.41) is 11.7. The third-order valence-corrected chi connectivity index (χ3v) is 2.81. The normalized spacial score (nSPS) is 9.81. The Hall–Kier alpha value is -1.57. The number of aromatic nitrogens is 2. The smallest absolute Gasteiger partial charge is 0.307 e. The predicted molar refractivity (Wildman–Crippen MR) is 70.4 cm³/mol. The number of benzene rings is 1. The molecule has 2 amide bonds. The summed E-state index contributed by atoms with van der Waals surface area (Å²) >= 11 is 2.16. The van der Waals surface area contributed by atoms with Crippen LogP contribution in [-0.2, 0) is 0 Å². The number of rotatable bonds is 2. The van der Waals surface area contributed by atoms with Crippen molar-refractivity contribution >= 4 is 40.1 Å². The van der Waals surface area contributed by atoms with Gasteiger partial charge in [-0.25, -0.2) is 4.79 Å². The van der Waals surface area contributed by atoms with Gasteiger partial charge in [0.25, 0.3) is 0 Å². The van der Waals surface area contributed by atoms with Gasteiger partial charge in [-0.2, -0.15) is 5.10 Å². The van der Waals surface area contributed by atoms with Crippen LogP contribution < -0.4 is 10.6 Å². The Balaban J connectivity index is 2.00. The van der Waals surface area contributed by atoms with Crippen molar-refractivity contribution in [2.75, 3.05) is 10.6 Å². The number of carbonyl (C=O) groups is 1. The van der Waals surface area contributed by atoms with Crippen LogP contribution in [0.4, 0.5) is 16.3 Å². The predicted octanol–water partition coefficient (Wildman–Crippen LogP) is 2.66. The Morgan fingerprint density at radius 3 is 2.75 bits per heavy atom. The van der Waals surface area contributed by atoms with Gasteiger partial charge < -0.3 is 5.32 Å². The van der Waals surface area contributed by atoms with Gasteiger partial charge in [-0.3, -0.25) is 10.4 Å². The molecule has 0 aliphatic rings. The van der Waals surface area contributed by atoms with Crippen molar-refractivity contribution < 1.29 is 4.79 Å². The molecular weight excluding hydrogens is 319 g/mol. The SMILES string of the molecule is O=C(Nc1ccn[nH]1)Nc1ccccc1I. The van der Waals surface area contributed by atoms with Crippen molar-refractivity contribution in [3.8, 4) is 0 Å². The van der Waals surface area contributed by atoms with Crippen LogP contribution in [0.3, 0.4) is 0 Å². The zero-order valence-electron chi connectivity index (χ0n) is 8.20. The van der Waals surface area contributed by atoms with E-state index in [-0.39, 0.29) is 6.03 Å². The zero-order valence-corrected chi connectivity index (χ0v) is 10.4. The van der Waals surface area contributed by atoms with Gasteiger partial charge in [0, 0.05) is 9.64 Å². The quantitative estimate of drug-likeness (QED) is 0.742. The van der Waals surface area contributed by atoms with Crippen LogP contribution in [0.2, 0.25) is 0 Å². The summed E-state index contributed by atoms with van der Waals surface area (Å²) in [6.07, 6.45) is 1.57. The van der Waals surface area contributed by atoms with Crippen molar-refractivity contribution in [1.82, 2.24) is 10.2 Å². The zero-order chi connectivity index (χ0) is 11.4. The van der Waals surface area contributed by atoms with Gasteiger partial charge in [-0.1, -0.05) is 12.1 Å². The summed E-state index contributed by atoms with van der Waals surface area (Å²) in [4.78, 5) is 11.6. The van der Waals surface area contributed by atoms with Crippen LogP contribution in [0.5, 0.6) is 0 Å². The minimum Gasteiger partial charge on any atom is -0.307 e. The molecule has 2 aromatic rings. The molecule has 0 aliphatic heterocycles. The average Bonchev–Trinajstić information content (AvgIpc) is 2.74. The second kappa shape index (κ2) is 4.97. The van der Waals surface area contributed by atoms with E-state index in [0.29, 0.717) is 5.82 Å². The third-order valence-electron chi connectivity index (χ3n) is 1.87. The highest BCUT2D eigenvalue weighted by Gasteiger charge is 2.04. The lowest BCUT2D eigenvalue weighted by Gasteiger charge is -2.07. The summed E-state index contributed by atoms with van der Waals surface area (Å²) in [7, 11) is 0. The van der Waals surface area contributed by atoms with E-state index in [2.05, 4.69) is 43.4 Å². The first kappa shape index (κ1) is 10.9. The number of carbonyl (C=O) groups excluding carboxylic acids is 1. The lowest BCUT2D eigenvalue weighted by Crippen LogP contribution is -2.20. The van der Waals surface area contributed by atoms with Crippen molar-refractivity contribution in [2.45, 2.75) is 0 Å². The van der Waals surface area contributed by atoms with Crippen molar-refractivity contribution in [3.05, 3.63) is 40.1 Å². The van der Waals surface area contributed by atoms with Crippen LogP contribution in [-0.4, -0.2) is 16.2 Å². The maximum atomic E-state index is 11.6. The Labute approximate surface area is 106 Å². The highest BCUT2D eigenvalue weighted by Crippen LogP contribution is 2.16. The van der Waals surface area contributed by atoms with Crippen molar-refractivity contribution in [1.29, 1.82) is 0 Å². The molecule has 0 spiro atoms. The number of urea groups is 1. The maximum absolute atomic E-state index is 11.6. The molecule has 5 nitrogen and oxygen atoms in total. The van der Waals surface area contributed by atoms with Crippen molar-refractivity contribution in [2.24, 2.45) is 0 Å². The topological polar surface area (TPSA) is 69.8 Å². The number of anilines is 2. The first-order valence-corrected chi connectivity index (χ1v) is 5.65. The molecule has 0 saturated carbocycles. The first-order chi connectivity index (χ1) is 7.75. The van der Waals surface area contributed by atoms with Crippen molar-refractivity contribution in [3.63, 3.8) is 0 Å². The highest BCUT2D eigenvalue weighted by molar-refractivity contribution is 14.1. The second-order valence-electron chi connectivity index (χ2n) is 3.03. The molecule has 0 fully saturated rings. The highest BCUT2D eigenvalue weighted by atomic mass is 127. The van der Waals surface area contributed by atoms with Gasteiger partial charge in [-0.15, -0.1) is 0 Å². The number of nitrogens with zero attached hydrogens (tertiary/aromatic N) is 1. The number of hydrogen-bond donors (Lipinski definition) is 3. The summed E-state index contributed by atoms with van der Waals surface area (Å²) < 4.78 is 0.986. The summed E-state index contributed by atoms with van der Waals surface area (Å²) in [6, 6.07) is 8.93. The number of amides is 2. The molecule has 3 N–H and O–H groups in total. The second-order valence-corrected chi connectivity index (χ2v) is 4.19. The lowest BCUT2D eigenvalue weighted by atomic mass is 10.3. The van der Waals surface area contributed by atoms with Gasteiger partial charge >= 0.3 is 6.03 Å². The number of nitrogens with one attached hydrogen (secondary N) is 3. The number of hydrogen-bond acceptors (Lipinski definition) is 2. The molecule has 0 unspecified atom stereocenters. The van der Waals surface area contributed by atoms with Gasteiger partial charge in [0.05, 0.1) is 11.9 Å². The monoisotopic (exact) mass is 328 g/mol. The van der Waals surface area contributed by atoms with E-state index in [0.717, 1.165) is 9.26 Å². The van der Waals surface area contributed by atoms with Crippen LogP contribution in [0.15, 0.2) is 36.5 Å². The van der Waals surface area contributed by atoms with E-state index in [4.69, 9.17) is 0 Å². The molecule has 82 valence electrons. The molecule has 0 atom stereocenters. The molecule has 1 aromatic heterocycles. The van der Waals surface area contributed by atoms with E-state index < -0.39 is 0 Å². The van der Waals surface area contributed by atoms with E-state index in [1.807, 2.05) is 24.3 Å². The van der Waals surface area contributed by atoms with E-state index in [1.54, 1.807) is 12.3 Å². The van der Waals surface area contributed by atoms with Crippen LogP contribution in [0, 0.1) is 3.57 Å². The number of para-hydroxylation sites is 1. The average molecular weight is 328 g/mol. The number of H-pyrrole nitrogens is 1. The van der Waals surface area contributed by atoms with E-state index >= 15 is 0 Å². The fourth-order valence-electron chi connectivity index (χ4n) is 1.16. The first-order valence-electron chi connectivity index (χ1n) is 4.57.